The van der Waals surface area contributed by atoms with E-state index in [9.17, 15) is 14.9 Å². The number of nitrogens with one attached hydrogen (secondary N) is 1. The number of aryl methyl sites for hydroxylation is 1. The molecular formula is C18H20N2O5. The van der Waals surface area contributed by atoms with E-state index < -0.39 is 10.8 Å². The summed E-state index contributed by atoms with van der Waals surface area (Å²) in [6, 6.07) is 5.94. The monoisotopic (exact) mass is 344 g/mol. The summed E-state index contributed by atoms with van der Waals surface area (Å²) in [6.07, 6.45) is 0. The fourth-order valence-electron chi connectivity index (χ4n) is 2.61. The lowest BCUT2D eigenvalue weighted by molar-refractivity contribution is -0.385. The van der Waals surface area contributed by atoms with Crippen molar-refractivity contribution in [3.63, 3.8) is 0 Å². The molecule has 0 aliphatic heterocycles. The van der Waals surface area contributed by atoms with Gasteiger partial charge in [0.15, 0.2) is 5.75 Å². The zero-order valence-corrected chi connectivity index (χ0v) is 14.8. The lowest BCUT2D eigenvalue weighted by Gasteiger charge is -2.17. The molecule has 7 nitrogen and oxygen atoms in total. The Bertz CT molecular complexity index is 846. The number of nitro benzene ring substituents is 1. The number of carbonyl (C=O) groups excluding carboxylic acids is 1. The number of nitro groups is 1. The summed E-state index contributed by atoms with van der Waals surface area (Å²) in [5.41, 5.74) is 3.24. The molecule has 0 spiro atoms. The van der Waals surface area contributed by atoms with Crippen molar-refractivity contribution in [3.8, 4) is 11.5 Å². The van der Waals surface area contributed by atoms with E-state index in [0.29, 0.717) is 5.69 Å². The second kappa shape index (κ2) is 7.21. The van der Waals surface area contributed by atoms with Crippen LogP contribution < -0.4 is 14.8 Å². The van der Waals surface area contributed by atoms with Gasteiger partial charge < -0.3 is 14.8 Å². The van der Waals surface area contributed by atoms with Gasteiger partial charge in [-0.1, -0.05) is 0 Å². The molecule has 0 saturated carbocycles. The molecule has 1 N–H and O–H groups in total. The van der Waals surface area contributed by atoms with E-state index in [0.717, 1.165) is 22.4 Å². The van der Waals surface area contributed by atoms with Gasteiger partial charge >= 0.3 is 5.69 Å². The summed E-state index contributed by atoms with van der Waals surface area (Å²) in [5.74, 6) is 0.420. The van der Waals surface area contributed by atoms with Crippen LogP contribution >= 0.6 is 0 Å². The predicted molar refractivity (Wildman–Crippen MR) is 94.8 cm³/mol. The van der Waals surface area contributed by atoms with Gasteiger partial charge in [-0.2, -0.15) is 0 Å². The Hall–Kier alpha value is -3.09. The van der Waals surface area contributed by atoms with Crippen LogP contribution in [0.15, 0.2) is 24.3 Å². The molecule has 7 heteroatoms. The van der Waals surface area contributed by atoms with Crippen LogP contribution in [0, 0.1) is 30.9 Å². The normalized spacial score (nSPS) is 10.3. The SMILES string of the molecule is COc1ccc(C(=O)Nc2c(C)cc(OC)c(C)c2C)cc1[N+](=O)[O-]. The zero-order chi connectivity index (χ0) is 18.7. The van der Waals surface area contributed by atoms with E-state index in [1.165, 1.54) is 25.3 Å². The third-order valence-corrected chi connectivity index (χ3v) is 4.15. The maximum absolute atomic E-state index is 12.6. The molecule has 0 unspecified atom stereocenters. The smallest absolute Gasteiger partial charge is 0.311 e. The van der Waals surface area contributed by atoms with E-state index in [4.69, 9.17) is 9.47 Å². The first-order valence-corrected chi connectivity index (χ1v) is 7.58. The first-order chi connectivity index (χ1) is 11.8. The maximum Gasteiger partial charge on any atom is 0.311 e. The largest absolute Gasteiger partial charge is 0.496 e. The van der Waals surface area contributed by atoms with Crippen molar-refractivity contribution >= 4 is 17.3 Å². The summed E-state index contributed by atoms with van der Waals surface area (Å²) >= 11 is 0. The highest BCUT2D eigenvalue weighted by Crippen LogP contribution is 2.32. The molecule has 2 rings (SSSR count). The van der Waals surface area contributed by atoms with Crippen molar-refractivity contribution in [3.05, 3.63) is 56.6 Å². The number of anilines is 1. The molecular weight excluding hydrogens is 324 g/mol. The van der Waals surface area contributed by atoms with Gasteiger partial charge in [0.2, 0.25) is 0 Å². The highest BCUT2D eigenvalue weighted by atomic mass is 16.6. The molecule has 2 aromatic rings. The minimum atomic E-state index is -0.580. The number of methoxy groups -OCH3 is 2. The summed E-state index contributed by atoms with van der Waals surface area (Å²) in [5, 5.41) is 13.9. The molecule has 0 atom stereocenters. The molecule has 0 aliphatic carbocycles. The van der Waals surface area contributed by atoms with Gasteiger partial charge in [0, 0.05) is 17.3 Å². The molecule has 0 aromatic heterocycles. The van der Waals surface area contributed by atoms with Crippen LogP contribution in [-0.4, -0.2) is 25.1 Å². The van der Waals surface area contributed by atoms with E-state index in [2.05, 4.69) is 5.32 Å². The molecule has 0 saturated heterocycles. The number of hydrogen-bond acceptors (Lipinski definition) is 5. The minimum absolute atomic E-state index is 0.106. The topological polar surface area (TPSA) is 90.7 Å². The quantitative estimate of drug-likeness (QED) is 0.658. The average molecular weight is 344 g/mol. The molecule has 0 radical (unpaired) electrons. The van der Waals surface area contributed by atoms with Crippen molar-refractivity contribution in [2.75, 3.05) is 19.5 Å². The van der Waals surface area contributed by atoms with Gasteiger partial charge in [-0.3, -0.25) is 14.9 Å². The second-order valence-electron chi connectivity index (χ2n) is 5.62. The number of carbonyl (C=O) groups is 1. The van der Waals surface area contributed by atoms with E-state index in [1.54, 1.807) is 7.11 Å². The molecule has 0 heterocycles. The van der Waals surface area contributed by atoms with Gasteiger partial charge in [-0.15, -0.1) is 0 Å². The first-order valence-electron chi connectivity index (χ1n) is 7.58. The summed E-state index contributed by atoms with van der Waals surface area (Å²) in [4.78, 5) is 23.1. The third kappa shape index (κ3) is 3.55. The Morgan fingerprint density at radius 1 is 1.04 bits per heavy atom. The fraction of sp³-hybridized carbons (Fsp3) is 0.278. The van der Waals surface area contributed by atoms with E-state index in [-0.39, 0.29) is 17.0 Å². The first kappa shape index (κ1) is 18.3. The van der Waals surface area contributed by atoms with Crippen molar-refractivity contribution in [1.29, 1.82) is 0 Å². The van der Waals surface area contributed by atoms with Gasteiger partial charge in [-0.05, 0) is 55.7 Å². The number of amides is 1. The summed E-state index contributed by atoms with van der Waals surface area (Å²) in [7, 11) is 2.94. The molecule has 0 fully saturated rings. The average Bonchev–Trinajstić information content (AvgIpc) is 2.60. The number of rotatable bonds is 5. The second-order valence-corrected chi connectivity index (χ2v) is 5.62. The van der Waals surface area contributed by atoms with Gasteiger partial charge in [-0.25, -0.2) is 0 Å². The zero-order valence-electron chi connectivity index (χ0n) is 14.8. The van der Waals surface area contributed by atoms with E-state index >= 15 is 0 Å². The van der Waals surface area contributed by atoms with Crippen LogP contribution in [0.2, 0.25) is 0 Å². The molecule has 1 amide bonds. The number of nitrogens with zero attached hydrogens (tertiary/aromatic N) is 1. The highest BCUT2D eigenvalue weighted by molar-refractivity contribution is 6.05. The van der Waals surface area contributed by atoms with Crippen LogP contribution in [0.1, 0.15) is 27.0 Å². The van der Waals surface area contributed by atoms with Gasteiger partial charge in [0.25, 0.3) is 5.91 Å². The molecule has 25 heavy (non-hydrogen) atoms. The molecule has 132 valence electrons. The summed E-state index contributed by atoms with van der Waals surface area (Å²) in [6.45, 7) is 5.65. The Labute approximate surface area is 145 Å². The third-order valence-electron chi connectivity index (χ3n) is 4.15. The predicted octanol–water partition coefficient (Wildman–Crippen LogP) is 3.79. The standard InChI is InChI=1S/C18H20N2O5/c1-10-8-16(25-5)11(2)12(3)17(10)19-18(21)13-6-7-15(24-4)14(9-13)20(22)23/h6-9H,1-5H3,(H,19,21). The summed E-state index contributed by atoms with van der Waals surface area (Å²) < 4.78 is 10.3. The van der Waals surface area contributed by atoms with Crippen LogP contribution in [0.3, 0.4) is 0 Å². The number of benzene rings is 2. The number of hydrogen-bond donors (Lipinski definition) is 1. The fourth-order valence-corrected chi connectivity index (χ4v) is 2.61. The molecule has 0 aliphatic rings. The van der Waals surface area contributed by atoms with Crippen LogP contribution in [0.4, 0.5) is 11.4 Å². The lowest BCUT2D eigenvalue weighted by Crippen LogP contribution is -2.15. The Morgan fingerprint density at radius 2 is 1.68 bits per heavy atom. The number of ether oxygens (including phenoxy) is 2. The Morgan fingerprint density at radius 3 is 2.24 bits per heavy atom. The van der Waals surface area contributed by atoms with Gasteiger partial charge in [0.1, 0.15) is 5.75 Å². The van der Waals surface area contributed by atoms with Crippen LogP contribution in [-0.2, 0) is 0 Å². The Balaban J connectivity index is 2.40. The van der Waals surface area contributed by atoms with Crippen LogP contribution in [0.25, 0.3) is 0 Å². The van der Waals surface area contributed by atoms with E-state index in [1.807, 2.05) is 26.8 Å². The van der Waals surface area contributed by atoms with Gasteiger partial charge in [0.05, 0.1) is 19.1 Å². The maximum atomic E-state index is 12.6. The minimum Gasteiger partial charge on any atom is -0.496 e. The molecule has 2 aromatic carbocycles. The highest BCUT2D eigenvalue weighted by Gasteiger charge is 2.19. The van der Waals surface area contributed by atoms with Crippen molar-refractivity contribution < 1.29 is 19.2 Å². The van der Waals surface area contributed by atoms with Crippen molar-refractivity contribution in [2.24, 2.45) is 0 Å². The Kier molecular flexibility index (Phi) is 5.26. The molecule has 0 bridgehead atoms. The van der Waals surface area contributed by atoms with Crippen LogP contribution in [0.5, 0.6) is 11.5 Å². The van der Waals surface area contributed by atoms with Crippen molar-refractivity contribution in [2.45, 2.75) is 20.8 Å². The van der Waals surface area contributed by atoms with Crippen molar-refractivity contribution in [1.82, 2.24) is 0 Å². The lowest BCUT2D eigenvalue weighted by atomic mass is 10.0.